The molecule has 26 heavy (non-hydrogen) atoms. The van der Waals surface area contributed by atoms with Crippen LogP contribution in [0.3, 0.4) is 0 Å². The van der Waals surface area contributed by atoms with Crippen molar-refractivity contribution in [2.24, 2.45) is 5.92 Å². The molecule has 5 heteroatoms. The molecule has 3 rings (SSSR count). The molecule has 1 N–H and O–H groups in total. The fourth-order valence-electron chi connectivity index (χ4n) is 3.35. The van der Waals surface area contributed by atoms with Gasteiger partial charge in [-0.3, -0.25) is 14.7 Å². The number of benzene rings is 1. The van der Waals surface area contributed by atoms with Gasteiger partial charge in [0.05, 0.1) is 6.61 Å². The van der Waals surface area contributed by atoms with E-state index in [0.29, 0.717) is 13.2 Å². The first-order valence-electron chi connectivity index (χ1n) is 9.35. The van der Waals surface area contributed by atoms with Gasteiger partial charge in [-0.2, -0.15) is 0 Å². The monoisotopic (exact) mass is 353 g/mol. The van der Waals surface area contributed by atoms with Crippen molar-refractivity contribution in [2.75, 3.05) is 19.7 Å². The van der Waals surface area contributed by atoms with Crippen LogP contribution in [0.5, 0.6) is 5.75 Å². The number of pyridine rings is 1. The van der Waals surface area contributed by atoms with Crippen LogP contribution in [0.25, 0.3) is 0 Å². The quantitative estimate of drug-likeness (QED) is 0.831. The maximum Gasteiger partial charge on any atom is 0.223 e. The third kappa shape index (κ3) is 5.30. The van der Waals surface area contributed by atoms with Gasteiger partial charge in [-0.1, -0.05) is 18.2 Å². The van der Waals surface area contributed by atoms with Crippen molar-refractivity contribution in [3.63, 3.8) is 0 Å². The van der Waals surface area contributed by atoms with Gasteiger partial charge in [0, 0.05) is 31.4 Å². The van der Waals surface area contributed by atoms with E-state index >= 15 is 0 Å². The Labute approximate surface area is 155 Å². The molecule has 1 aliphatic heterocycles. The molecule has 0 atom stereocenters. The zero-order valence-corrected chi connectivity index (χ0v) is 15.4. The van der Waals surface area contributed by atoms with Crippen LogP contribution < -0.4 is 10.1 Å². The molecule has 1 amide bonds. The highest BCUT2D eigenvalue weighted by Gasteiger charge is 2.24. The topological polar surface area (TPSA) is 54.5 Å². The summed E-state index contributed by atoms with van der Waals surface area (Å²) in [5, 5.41) is 3.04. The summed E-state index contributed by atoms with van der Waals surface area (Å²) in [5.74, 6) is 1.19. The number of ether oxygens (including phenoxy) is 1. The van der Waals surface area contributed by atoms with E-state index < -0.39 is 0 Å². The first-order valence-corrected chi connectivity index (χ1v) is 9.35. The third-order valence-electron chi connectivity index (χ3n) is 4.76. The number of amides is 1. The SMILES string of the molecule is CCOc1cccc(CN2CCC(C(=O)NCc3cccnc3)CC2)c1. The predicted molar refractivity (Wildman–Crippen MR) is 102 cm³/mol. The van der Waals surface area contributed by atoms with Crippen LogP contribution >= 0.6 is 0 Å². The van der Waals surface area contributed by atoms with E-state index in [0.717, 1.165) is 43.8 Å². The number of carbonyl (C=O) groups excluding carboxylic acids is 1. The lowest BCUT2D eigenvalue weighted by molar-refractivity contribution is -0.126. The third-order valence-corrected chi connectivity index (χ3v) is 4.76. The fourth-order valence-corrected chi connectivity index (χ4v) is 3.35. The van der Waals surface area contributed by atoms with Gasteiger partial charge in [0.15, 0.2) is 0 Å². The summed E-state index contributed by atoms with van der Waals surface area (Å²) in [6, 6.07) is 12.1. The average molecular weight is 353 g/mol. The number of aromatic nitrogens is 1. The summed E-state index contributed by atoms with van der Waals surface area (Å²) in [5.41, 5.74) is 2.29. The highest BCUT2D eigenvalue weighted by atomic mass is 16.5. The minimum Gasteiger partial charge on any atom is -0.494 e. The molecular formula is C21H27N3O2. The summed E-state index contributed by atoms with van der Waals surface area (Å²) in [4.78, 5) is 18.9. The lowest BCUT2D eigenvalue weighted by Crippen LogP contribution is -2.40. The summed E-state index contributed by atoms with van der Waals surface area (Å²) < 4.78 is 5.57. The number of nitrogens with one attached hydrogen (secondary N) is 1. The Morgan fingerprint density at radius 2 is 2.04 bits per heavy atom. The zero-order chi connectivity index (χ0) is 18.2. The van der Waals surface area contributed by atoms with Crippen molar-refractivity contribution in [3.05, 3.63) is 59.9 Å². The number of rotatable bonds is 7. The molecule has 0 bridgehead atoms. The second kappa shape index (κ2) is 9.34. The molecule has 138 valence electrons. The molecule has 0 radical (unpaired) electrons. The highest BCUT2D eigenvalue weighted by molar-refractivity contribution is 5.78. The van der Waals surface area contributed by atoms with E-state index in [9.17, 15) is 4.79 Å². The second-order valence-corrected chi connectivity index (χ2v) is 6.71. The molecule has 5 nitrogen and oxygen atoms in total. The fraction of sp³-hybridized carbons (Fsp3) is 0.429. The lowest BCUT2D eigenvalue weighted by Gasteiger charge is -2.31. The molecule has 0 saturated carbocycles. The summed E-state index contributed by atoms with van der Waals surface area (Å²) in [6.07, 6.45) is 5.35. The number of piperidine rings is 1. The van der Waals surface area contributed by atoms with Crippen LogP contribution in [0, 0.1) is 5.92 Å². The summed E-state index contributed by atoms with van der Waals surface area (Å²) >= 11 is 0. The Bertz CT molecular complexity index is 697. The van der Waals surface area contributed by atoms with Crippen LogP contribution in [0.1, 0.15) is 30.9 Å². The van der Waals surface area contributed by atoms with Crippen molar-refractivity contribution in [1.29, 1.82) is 0 Å². The van der Waals surface area contributed by atoms with Crippen LogP contribution in [-0.2, 0) is 17.9 Å². The maximum absolute atomic E-state index is 12.4. The van der Waals surface area contributed by atoms with Crippen molar-refractivity contribution in [1.82, 2.24) is 15.2 Å². The summed E-state index contributed by atoms with van der Waals surface area (Å²) in [7, 11) is 0. The number of nitrogens with zero attached hydrogens (tertiary/aromatic N) is 2. The average Bonchev–Trinajstić information content (AvgIpc) is 2.68. The Morgan fingerprint density at radius 1 is 1.23 bits per heavy atom. The van der Waals surface area contributed by atoms with Gasteiger partial charge in [0.2, 0.25) is 5.91 Å². The smallest absolute Gasteiger partial charge is 0.223 e. The molecule has 0 spiro atoms. The Kier molecular flexibility index (Phi) is 6.61. The molecular weight excluding hydrogens is 326 g/mol. The molecule has 1 aliphatic rings. The van der Waals surface area contributed by atoms with E-state index in [4.69, 9.17) is 4.74 Å². The van der Waals surface area contributed by atoms with E-state index in [1.54, 1.807) is 12.4 Å². The van der Waals surface area contributed by atoms with Crippen molar-refractivity contribution >= 4 is 5.91 Å². The Hall–Kier alpha value is -2.40. The number of likely N-dealkylation sites (tertiary alicyclic amines) is 1. The molecule has 1 aromatic carbocycles. The Balaban J connectivity index is 1.43. The van der Waals surface area contributed by atoms with Gasteiger partial charge in [0.25, 0.3) is 0 Å². The molecule has 0 aliphatic carbocycles. The van der Waals surface area contributed by atoms with Gasteiger partial charge in [-0.15, -0.1) is 0 Å². The minimum absolute atomic E-state index is 0.109. The lowest BCUT2D eigenvalue weighted by atomic mass is 9.95. The standard InChI is InChI=1S/C21H27N3O2/c1-2-26-20-7-3-5-17(13-20)16-24-11-8-19(9-12-24)21(25)23-15-18-6-4-10-22-14-18/h3-7,10,13-14,19H,2,8-9,11-12,15-16H2,1H3,(H,23,25). The van der Waals surface area contributed by atoms with E-state index in [1.165, 1.54) is 5.56 Å². The molecule has 1 fully saturated rings. The highest BCUT2D eigenvalue weighted by Crippen LogP contribution is 2.21. The first-order chi connectivity index (χ1) is 12.7. The van der Waals surface area contributed by atoms with Gasteiger partial charge >= 0.3 is 0 Å². The van der Waals surface area contributed by atoms with Crippen molar-refractivity contribution < 1.29 is 9.53 Å². The normalized spacial score (nSPS) is 15.6. The van der Waals surface area contributed by atoms with E-state index in [-0.39, 0.29) is 11.8 Å². The molecule has 0 unspecified atom stereocenters. The van der Waals surface area contributed by atoms with Crippen LogP contribution in [0.4, 0.5) is 0 Å². The van der Waals surface area contributed by atoms with Crippen LogP contribution in [0.15, 0.2) is 48.8 Å². The molecule has 1 saturated heterocycles. The zero-order valence-electron chi connectivity index (χ0n) is 15.4. The van der Waals surface area contributed by atoms with E-state index in [1.807, 2.05) is 31.2 Å². The first kappa shape index (κ1) is 18.4. The van der Waals surface area contributed by atoms with E-state index in [2.05, 4.69) is 27.3 Å². The van der Waals surface area contributed by atoms with Crippen molar-refractivity contribution in [2.45, 2.75) is 32.9 Å². The van der Waals surface area contributed by atoms with Gasteiger partial charge in [-0.05, 0) is 62.2 Å². The number of hydrogen-bond acceptors (Lipinski definition) is 4. The number of hydrogen-bond donors (Lipinski definition) is 1. The van der Waals surface area contributed by atoms with Crippen LogP contribution in [0.2, 0.25) is 0 Å². The van der Waals surface area contributed by atoms with Crippen molar-refractivity contribution in [3.8, 4) is 5.75 Å². The largest absolute Gasteiger partial charge is 0.494 e. The summed E-state index contributed by atoms with van der Waals surface area (Å²) in [6.45, 7) is 6.04. The minimum atomic E-state index is 0.109. The number of carbonyl (C=O) groups is 1. The van der Waals surface area contributed by atoms with Gasteiger partial charge in [-0.25, -0.2) is 0 Å². The van der Waals surface area contributed by atoms with Gasteiger partial charge < -0.3 is 10.1 Å². The second-order valence-electron chi connectivity index (χ2n) is 6.71. The molecule has 2 aromatic rings. The molecule has 1 aromatic heterocycles. The Morgan fingerprint density at radius 3 is 2.77 bits per heavy atom. The van der Waals surface area contributed by atoms with Crippen LogP contribution in [-0.4, -0.2) is 35.5 Å². The maximum atomic E-state index is 12.4. The molecule has 2 heterocycles. The van der Waals surface area contributed by atoms with Gasteiger partial charge in [0.1, 0.15) is 5.75 Å². The predicted octanol–water partition coefficient (Wildman–Crippen LogP) is 3.01.